The van der Waals surface area contributed by atoms with Crippen molar-refractivity contribution in [1.29, 1.82) is 0 Å². The molecular weight excluding hydrogens is 330 g/mol. The van der Waals surface area contributed by atoms with E-state index in [1.54, 1.807) is 6.07 Å². The molecule has 1 heterocycles. The Balaban J connectivity index is 0.00000288. The van der Waals surface area contributed by atoms with E-state index in [4.69, 9.17) is 10.5 Å². The number of benzene rings is 1. The Labute approximate surface area is 148 Å². The van der Waals surface area contributed by atoms with E-state index in [2.05, 4.69) is 10.6 Å². The van der Waals surface area contributed by atoms with Crippen LogP contribution in [0.4, 0.5) is 11.4 Å². The first kappa shape index (κ1) is 20.4. The minimum atomic E-state index is -0.461. The van der Waals surface area contributed by atoms with Gasteiger partial charge in [0, 0.05) is 23.8 Å². The first-order chi connectivity index (χ1) is 10.9. The van der Waals surface area contributed by atoms with E-state index >= 15 is 0 Å². The highest BCUT2D eigenvalue weighted by Gasteiger charge is 2.30. The summed E-state index contributed by atoms with van der Waals surface area (Å²) in [6.45, 7) is 6.00. The highest BCUT2D eigenvalue weighted by molar-refractivity contribution is 5.97. The van der Waals surface area contributed by atoms with E-state index in [0.29, 0.717) is 24.3 Å². The number of anilines is 2. The van der Waals surface area contributed by atoms with Gasteiger partial charge in [-0.25, -0.2) is 0 Å². The fourth-order valence-corrected chi connectivity index (χ4v) is 2.41. The Morgan fingerprint density at radius 3 is 2.58 bits per heavy atom. The van der Waals surface area contributed by atoms with Crippen LogP contribution in [0.2, 0.25) is 0 Å². The Bertz CT molecular complexity index is 592. The van der Waals surface area contributed by atoms with E-state index in [0.717, 1.165) is 12.0 Å². The van der Waals surface area contributed by atoms with Gasteiger partial charge in [-0.05, 0) is 37.5 Å². The van der Waals surface area contributed by atoms with Crippen LogP contribution < -0.4 is 16.4 Å². The van der Waals surface area contributed by atoms with Crippen molar-refractivity contribution in [2.45, 2.75) is 45.8 Å². The van der Waals surface area contributed by atoms with Crippen molar-refractivity contribution < 1.29 is 14.3 Å². The Kier molecular flexibility index (Phi) is 7.66. The first-order valence-electron chi connectivity index (χ1n) is 7.98. The molecule has 134 valence electrons. The van der Waals surface area contributed by atoms with Gasteiger partial charge in [-0.1, -0.05) is 19.9 Å². The summed E-state index contributed by atoms with van der Waals surface area (Å²) >= 11 is 0. The topological polar surface area (TPSA) is 93.5 Å². The average Bonchev–Trinajstić information content (AvgIpc) is 2.99. The molecular formula is C17H26ClN3O3. The summed E-state index contributed by atoms with van der Waals surface area (Å²) in [6, 6.07) is 5.45. The predicted molar refractivity (Wildman–Crippen MR) is 97.5 cm³/mol. The van der Waals surface area contributed by atoms with Crippen LogP contribution in [0.25, 0.3) is 0 Å². The van der Waals surface area contributed by atoms with Gasteiger partial charge in [-0.3, -0.25) is 9.59 Å². The third-order valence-corrected chi connectivity index (χ3v) is 3.95. The van der Waals surface area contributed by atoms with E-state index in [9.17, 15) is 9.59 Å². The minimum Gasteiger partial charge on any atom is -0.364 e. The number of nitrogens with one attached hydrogen (secondary N) is 2. The van der Waals surface area contributed by atoms with E-state index in [1.165, 1.54) is 0 Å². The molecule has 1 aromatic carbocycles. The maximum Gasteiger partial charge on any atom is 0.253 e. The van der Waals surface area contributed by atoms with E-state index in [-0.39, 0.29) is 36.2 Å². The summed E-state index contributed by atoms with van der Waals surface area (Å²) < 4.78 is 5.60. The molecule has 6 nitrogen and oxygen atoms in total. The number of rotatable bonds is 5. The number of carbonyl (C=O) groups is 2. The Hall–Kier alpha value is -1.63. The molecule has 2 amide bonds. The van der Waals surface area contributed by atoms with Gasteiger partial charge in [0.15, 0.2) is 0 Å². The van der Waals surface area contributed by atoms with Crippen LogP contribution in [0.15, 0.2) is 18.2 Å². The molecule has 0 radical (unpaired) electrons. The highest BCUT2D eigenvalue weighted by atomic mass is 35.5. The van der Waals surface area contributed by atoms with Crippen molar-refractivity contribution in [3.8, 4) is 0 Å². The van der Waals surface area contributed by atoms with Crippen molar-refractivity contribution >= 4 is 35.6 Å². The summed E-state index contributed by atoms with van der Waals surface area (Å²) in [5.41, 5.74) is 7.83. The smallest absolute Gasteiger partial charge is 0.253 e. The van der Waals surface area contributed by atoms with Crippen molar-refractivity contribution in [2.75, 3.05) is 17.2 Å². The monoisotopic (exact) mass is 355 g/mol. The number of amides is 2. The van der Waals surface area contributed by atoms with Crippen molar-refractivity contribution in [3.63, 3.8) is 0 Å². The fourth-order valence-electron chi connectivity index (χ4n) is 2.41. The van der Waals surface area contributed by atoms with Crippen LogP contribution in [-0.4, -0.2) is 30.6 Å². The molecule has 1 aliphatic heterocycles. The third kappa shape index (κ3) is 5.19. The zero-order valence-electron chi connectivity index (χ0n) is 14.3. The van der Waals surface area contributed by atoms with E-state index in [1.807, 2.05) is 32.9 Å². The molecule has 0 aliphatic carbocycles. The van der Waals surface area contributed by atoms with E-state index < -0.39 is 6.10 Å². The molecule has 0 saturated carbocycles. The van der Waals surface area contributed by atoms with Crippen LogP contribution in [0.5, 0.6) is 0 Å². The maximum absolute atomic E-state index is 12.3. The summed E-state index contributed by atoms with van der Waals surface area (Å²) in [5, 5.41) is 5.71. The zero-order valence-corrected chi connectivity index (χ0v) is 15.1. The molecule has 0 spiro atoms. The molecule has 24 heavy (non-hydrogen) atoms. The molecule has 2 rings (SSSR count). The lowest BCUT2D eigenvalue weighted by atomic mass is 10.1. The van der Waals surface area contributed by atoms with Gasteiger partial charge in [0.2, 0.25) is 5.91 Å². The number of ether oxygens (including phenoxy) is 1. The number of nitrogens with two attached hydrogens (primary N) is 1. The number of carbonyl (C=O) groups excluding carboxylic acids is 2. The largest absolute Gasteiger partial charge is 0.364 e. The van der Waals surface area contributed by atoms with Crippen LogP contribution in [-0.2, 0) is 14.3 Å². The van der Waals surface area contributed by atoms with Gasteiger partial charge in [0.25, 0.3) is 5.91 Å². The lowest BCUT2D eigenvalue weighted by molar-refractivity contribution is -0.126. The lowest BCUT2D eigenvalue weighted by Crippen LogP contribution is -2.30. The molecule has 4 N–H and O–H groups in total. The first-order valence-corrected chi connectivity index (χ1v) is 7.98. The van der Waals surface area contributed by atoms with Gasteiger partial charge in [-0.2, -0.15) is 0 Å². The van der Waals surface area contributed by atoms with Crippen LogP contribution in [0.3, 0.4) is 0 Å². The normalized spacial score (nSPS) is 19.7. The predicted octanol–water partition coefficient (Wildman–Crippen LogP) is 2.46. The molecule has 0 bridgehead atoms. The summed E-state index contributed by atoms with van der Waals surface area (Å²) in [5.74, 6) is -0.332. The van der Waals surface area contributed by atoms with Gasteiger partial charge in [0.1, 0.15) is 6.10 Å². The standard InChI is InChI=1S/C17H25N3O3.ClH/c1-10(2)16(21)19-12-5-4-11(3)14(8-12)20-17(22)15-7-6-13(9-18)23-15;/h4-5,8,10,13,15H,6-7,9,18H2,1-3H3,(H,19,21)(H,20,22);1H/t13-,15+;/m1./s1. The molecule has 1 aromatic rings. The minimum absolute atomic E-state index is 0. The van der Waals surface area contributed by atoms with Gasteiger partial charge < -0.3 is 21.1 Å². The molecule has 2 atom stereocenters. The van der Waals surface area contributed by atoms with Crippen LogP contribution >= 0.6 is 12.4 Å². The van der Waals surface area contributed by atoms with Gasteiger partial charge in [-0.15, -0.1) is 12.4 Å². The molecule has 1 saturated heterocycles. The molecule has 1 fully saturated rings. The average molecular weight is 356 g/mol. The molecule has 1 aliphatic rings. The number of hydrogen-bond donors (Lipinski definition) is 3. The highest BCUT2D eigenvalue weighted by Crippen LogP contribution is 2.24. The second-order valence-electron chi connectivity index (χ2n) is 6.22. The van der Waals surface area contributed by atoms with Crippen molar-refractivity contribution in [1.82, 2.24) is 0 Å². The van der Waals surface area contributed by atoms with Crippen LogP contribution in [0, 0.1) is 12.8 Å². The zero-order chi connectivity index (χ0) is 17.0. The number of aryl methyl sites for hydroxylation is 1. The lowest BCUT2D eigenvalue weighted by Gasteiger charge is -2.15. The Morgan fingerprint density at radius 2 is 2.00 bits per heavy atom. The third-order valence-electron chi connectivity index (χ3n) is 3.95. The second-order valence-corrected chi connectivity index (χ2v) is 6.22. The quantitative estimate of drug-likeness (QED) is 0.756. The second kappa shape index (κ2) is 9.01. The summed E-state index contributed by atoms with van der Waals surface area (Å²) in [7, 11) is 0. The number of halogens is 1. The van der Waals surface area contributed by atoms with Crippen molar-refractivity contribution in [2.24, 2.45) is 11.7 Å². The SMILES string of the molecule is Cc1ccc(NC(=O)C(C)C)cc1NC(=O)[C@@H]1CC[C@H](CN)O1.Cl. The number of hydrogen-bond acceptors (Lipinski definition) is 4. The molecule has 0 aromatic heterocycles. The fraction of sp³-hybridized carbons (Fsp3) is 0.529. The maximum atomic E-state index is 12.3. The van der Waals surface area contributed by atoms with Gasteiger partial charge >= 0.3 is 0 Å². The summed E-state index contributed by atoms with van der Waals surface area (Å²) in [6.07, 6.45) is 0.981. The molecule has 7 heteroatoms. The van der Waals surface area contributed by atoms with Gasteiger partial charge in [0.05, 0.1) is 6.10 Å². The molecule has 0 unspecified atom stereocenters. The van der Waals surface area contributed by atoms with Crippen molar-refractivity contribution in [3.05, 3.63) is 23.8 Å². The van der Waals surface area contributed by atoms with Crippen LogP contribution in [0.1, 0.15) is 32.3 Å². The Morgan fingerprint density at radius 1 is 1.29 bits per heavy atom. The summed E-state index contributed by atoms with van der Waals surface area (Å²) in [4.78, 5) is 24.1.